The lowest BCUT2D eigenvalue weighted by Gasteiger charge is -2.30. The molecule has 0 radical (unpaired) electrons. The zero-order chi connectivity index (χ0) is 32.7. The summed E-state index contributed by atoms with van der Waals surface area (Å²) in [5.74, 6) is -0.745. The largest absolute Gasteiger partial charge is 0.447 e. The number of nitrogens with one attached hydrogen (secondary N) is 1. The van der Waals surface area contributed by atoms with Crippen molar-refractivity contribution in [2.75, 3.05) is 20.2 Å². The second-order valence-corrected chi connectivity index (χ2v) is 9.88. The number of ether oxygens (including phenoxy) is 1. The number of rotatable bonds is 12. The Bertz CT molecular complexity index is 1650. The van der Waals surface area contributed by atoms with E-state index in [2.05, 4.69) is 25.5 Å². The van der Waals surface area contributed by atoms with Crippen molar-refractivity contribution < 1.29 is 31.9 Å². The van der Waals surface area contributed by atoms with Gasteiger partial charge in [-0.1, -0.05) is 41.9 Å². The first-order valence-electron chi connectivity index (χ1n) is 13.4. The molecule has 1 amide bonds. The van der Waals surface area contributed by atoms with Gasteiger partial charge >= 0.3 is 12.6 Å². The lowest BCUT2D eigenvalue weighted by atomic mass is 10.0. The highest BCUT2D eigenvalue weighted by molar-refractivity contribution is 6.32. The fourth-order valence-corrected chi connectivity index (χ4v) is 4.51. The van der Waals surface area contributed by atoms with E-state index in [-0.39, 0.29) is 23.3 Å². The summed E-state index contributed by atoms with van der Waals surface area (Å²) in [6.07, 6.45) is 0.401. The van der Waals surface area contributed by atoms with Gasteiger partial charge in [0.05, 0.1) is 22.9 Å². The summed E-state index contributed by atoms with van der Waals surface area (Å²) in [7, 11) is 1.55. The zero-order valence-electron chi connectivity index (χ0n) is 23.9. The molecule has 4 aromatic rings. The monoisotopic (exact) mass is 649 g/mol. The SMILES string of the molecule is CCNC(=O)OCC(c1ccc(Cl)c(-n2ncnc2C(F)F)c1)N(C)C(N)=NC(C=O)c1ccc(-c2cnn(C(F)F)c2)cc1. The number of carbonyl (C=O) groups is 2. The smallest absolute Gasteiger partial charge is 0.407 e. The normalized spacial score (nSPS) is 13.1. The molecule has 0 fully saturated rings. The topological polar surface area (TPSA) is 146 Å². The molecule has 0 spiro atoms. The summed E-state index contributed by atoms with van der Waals surface area (Å²) in [5, 5.41) is 10.1. The van der Waals surface area contributed by atoms with Crippen LogP contribution in [0.5, 0.6) is 0 Å². The van der Waals surface area contributed by atoms with Crippen LogP contribution < -0.4 is 11.1 Å². The number of amides is 1. The first-order chi connectivity index (χ1) is 21.5. The Morgan fingerprint density at radius 1 is 1.13 bits per heavy atom. The molecule has 3 N–H and O–H groups in total. The molecule has 45 heavy (non-hydrogen) atoms. The average molecular weight is 650 g/mol. The van der Waals surface area contributed by atoms with Crippen molar-refractivity contribution in [2.24, 2.45) is 10.7 Å². The van der Waals surface area contributed by atoms with Crippen LogP contribution in [-0.2, 0) is 9.53 Å². The third-order valence-electron chi connectivity index (χ3n) is 6.66. The van der Waals surface area contributed by atoms with Gasteiger partial charge in [-0.05, 0) is 35.7 Å². The number of aldehydes is 1. The van der Waals surface area contributed by atoms with Crippen molar-refractivity contribution in [1.29, 1.82) is 0 Å². The third kappa shape index (κ3) is 7.75. The lowest BCUT2D eigenvalue weighted by Crippen LogP contribution is -2.40. The van der Waals surface area contributed by atoms with E-state index in [1.165, 1.54) is 29.4 Å². The van der Waals surface area contributed by atoms with Crippen molar-refractivity contribution in [3.63, 3.8) is 0 Å². The molecule has 0 aliphatic rings. The zero-order valence-corrected chi connectivity index (χ0v) is 24.7. The summed E-state index contributed by atoms with van der Waals surface area (Å²) in [6.45, 7) is -1.02. The van der Waals surface area contributed by atoms with E-state index < -0.39 is 37.0 Å². The van der Waals surface area contributed by atoms with Crippen LogP contribution in [0.2, 0.25) is 5.02 Å². The Hall–Kier alpha value is -4.99. The summed E-state index contributed by atoms with van der Waals surface area (Å²) in [5.41, 5.74) is 8.38. The minimum atomic E-state index is -2.93. The molecule has 238 valence electrons. The Morgan fingerprint density at radius 3 is 2.47 bits per heavy atom. The third-order valence-corrected chi connectivity index (χ3v) is 6.98. The molecule has 0 bridgehead atoms. The van der Waals surface area contributed by atoms with Crippen LogP contribution in [-0.4, -0.2) is 68.0 Å². The predicted octanol–water partition coefficient (Wildman–Crippen LogP) is 5.09. The second kappa shape index (κ2) is 14.7. The lowest BCUT2D eigenvalue weighted by molar-refractivity contribution is -0.108. The molecule has 2 aromatic carbocycles. The molecule has 4 rings (SSSR count). The van der Waals surface area contributed by atoms with Crippen molar-refractivity contribution in [3.05, 3.63) is 83.2 Å². The fourth-order valence-electron chi connectivity index (χ4n) is 4.31. The fraction of sp³-hybridized carbons (Fsp3) is 0.286. The van der Waals surface area contributed by atoms with Gasteiger partial charge in [0.25, 0.3) is 6.43 Å². The van der Waals surface area contributed by atoms with E-state index in [9.17, 15) is 27.2 Å². The predicted molar refractivity (Wildman–Crippen MR) is 156 cm³/mol. The van der Waals surface area contributed by atoms with Crippen LogP contribution in [0.15, 0.2) is 66.2 Å². The van der Waals surface area contributed by atoms with Gasteiger partial charge in [-0.2, -0.15) is 19.0 Å². The molecule has 2 atom stereocenters. The van der Waals surface area contributed by atoms with Gasteiger partial charge < -0.3 is 25.5 Å². The van der Waals surface area contributed by atoms with Crippen LogP contribution in [0.4, 0.5) is 22.4 Å². The second-order valence-electron chi connectivity index (χ2n) is 9.47. The van der Waals surface area contributed by atoms with Crippen molar-refractivity contribution in [3.8, 4) is 16.8 Å². The number of alkyl carbamates (subject to hydrolysis) is 1. The van der Waals surface area contributed by atoms with E-state index in [1.54, 1.807) is 44.3 Å². The summed E-state index contributed by atoms with van der Waals surface area (Å²) in [6, 6.07) is 9.11. The first-order valence-corrected chi connectivity index (χ1v) is 13.7. The van der Waals surface area contributed by atoms with Crippen LogP contribution in [0.25, 0.3) is 16.8 Å². The van der Waals surface area contributed by atoms with Gasteiger partial charge in [0.15, 0.2) is 11.8 Å². The number of hydrogen-bond acceptors (Lipinski definition) is 7. The molecular weight excluding hydrogens is 622 g/mol. The molecule has 2 aromatic heterocycles. The number of likely N-dealkylation sites (N-methyl/N-ethyl adjacent to an activating group) is 1. The number of aromatic nitrogens is 5. The molecule has 0 aliphatic heterocycles. The molecule has 17 heteroatoms. The van der Waals surface area contributed by atoms with E-state index >= 15 is 0 Å². The minimum absolute atomic E-state index is 0.0961. The maximum atomic E-state index is 13.6. The number of guanidine groups is 1. The maximum Gasteiger partial charge on any atom is 0.407 e. The molecule has 0 aliphatic carbocycles. The Balaban J connectivity index is 1.64. The van der Waals surface area contributed by atoms with Gasteiger partial charge in [0.2, 0.25) is 0 Å². The summed E-state index contributed by atoms with van der Waals surface area (Å²) < 4.78 is 59.7. The Kier molecular flexibility index (Phi) is 10.7. The number of nitrogens with two attached hydrogens (primary N) is 1. The highest BCUT2D eigenvalue weighted by Crippen LogP contribution is 2.30. The Morgan fingerprint density at radius 2 is 1.84 bits per heavy atom. The summed E-state index contributed by atoms with van der Waals surface area (Å²) >= 11 is 6.33. The van der Waals surface area contributed by atoms with Gasteiger partial charge in [-0.3, -0.25) is 0 Å². The van der Waals surface area contributed by atoms with Gasteiger partial charge in [-0.15, -0.1) is 0 Å². The van der Waals surface area contributed by atoms with Crippen LogP contribution >= 0.6 is 11.6 Å². The van der Waals surface area contributed by atoms with E-state index in [0.29, 0.717) is 39.8 Å². The molecule has 2 unspecified atom stereocenters. The highest BCUT2D eigenvalue weighted by atomic mass is 35.5. The number of nitrogens with zero attached hydrogens (tertiary/aromatic N) is 7. The number of halogens is 5. The first kappa shape index (κ1) is 32.9. The highest BCUT2D eigenvalue weighted by Gasteiger charge is 2.25. The molecular formula is C28H28ClF4N9O3. The van der Waals surface area contributed by atoms with E-state index in [1.807, 2.05) is 0 Å². The number of benzene rings is 2. The van der Waals surface area contributed by atoms with Crippen LogP contribution in [0.3, 0.4) is 0 Å². The van der Waals surface area contributed by atoms with Gasteiger partial charge in [-0.25, -0.2) is 32.9 Å². The number of carbonyl (C=O) groups excluding carboxylic acids is 2. The molecule has 2 heterocycles. The standard InChI is InChI=1S/C28H28ClF4N9O3/c1-3-35-28(44)45-14-23(18-8-9-20(29)22(10-18)42-25(24(30)31)36-15-38-42)40(2)27(34)39-21(13-43)17-6-4-16(5-7-17)19-11-37-41(12-19)26(32)33/h4-13,15,21,23-24,26H,3,14H2,1-2H3,(H2,34,39)(H,35,44). The molecule has 0 saturated carbocycles. The van der Waals surface area contributed by atoms with Crippen molar-refractivity contribution in [1.82, 2.24) is 34.8 Å². The molecule has 12 nitrogen and oxygen atoms in total. The van der Waals surface area contributed by atoms with Gasteiger partial charge in [0, 0.05) is 25.4 Å². The van der Waals surface area contributed by atoms with Crippen LogP contribution in [0.1, 0.15) is 48.9 Å². The van der Waals surface area contributed by atoms with E-state index in [0.717, 1.165) is 11.0 Å². The molecule has 0 saturated heterocycles. The van der Waals surface area contributed by atoms with Crippen LogP contribution in [0, 0.1) is 0 Å². The number of alkyl halides is 4. The number of aliphatic imine (C=N–C) groups is 1. The Labute approximate surface area is 259 Å². The summed E-state index contributed by atoms with van der Waals surface area (Å²) in [4.78, 5) is 33.6. The van der Waals surface area contributed by atoms with Crippen molar-refractivity contribution >= 4 is 29.9 Å². The van der Waals surface area contributed by atoms with Crippen molar-refractivity contribution in [2.45, 2.75) is 32.0 Å². The quantitative estimate of drug-likeness (QED) is 0.0934. The number of hydrogen-bond donors (Lipinski definition) is 2. The maximum absolute atomic E-state index is 13.6. The van der Waals surface area contributed by atoms with E-state index in [4.69, 9.17) is 22.1 Å². The minimum Gasteiger partial charge on any atom is -0.447 e. The van der Waals surface area contributed by atoms with Gasteiger partial charge in [0.1, 0.15) is 25.3 Å². The average Bonchev–Trinajstić information content (AvgIpc) is 3.72.